The van der Waals surface area contributed by atoms with Crippen molar-refractivity contribution in [2.45, 2.75) is 45.2 Å². The minimum atomic E-state index is -0.923. The number of carboxylic acid groups (broad SMARTS) is 1. The second-order valence-corrected chi connectivity index (χ2v) is 4.81. The summed E-state index contributed by atoms with van der Waals surface area (Å²) in [5, 5.41) is 9.14. The predicted octanol–water partition coefficient (Wildman–Crippen LogP) is 2.05. The molecule has 0 aromatic carbocycles. The van der Waals surface area contributed by atoms with Gasteiger partial charge >= 0.3 is 6.09 Å². The largest absolute Gasteiger partial charge is 0.465 e. The molecule has 0 aromatic heterocycles. The molecule has 1 unspecified atom stereocenters. The third kappa shape index (κ3) is 2.58. The number of hydrogen-bond acceptors (Lipinski definition) is 2. The van der Waals surface area contributed by atoms with Crippen LogP contribution >= 0.6 is 0 Å². The molecule has 0 saturated heterocycles. The fraction of sp³-hybridized carbons (Fsp3) is 0.636. The summed E-state index contributed by atoms with van der Waals surface area (Å²) in [5.74, 6) is 0. The van der Waals surface area contributed by atoms with E-state index in [1.807, 2.05) is 26.8 Å². The molecule has 1 amide bonds. The van der Waals surface area contributed by atoms with Crippen LogP contribution in [0.4, 0.5) is 4.79 Å². The van der Waals surface area contributed by atoms with Crippen molar-refractivity contribution in [3.63, 3.8) is 0 Å². The van der Waals surface area contributed by atoms with Crippen molar-refractivity contribution in [2.24, 2.45) is 0 Å². The van der Waals surface area contributed by atoms with Crippen LogP contribution in [0.3, 0.4) is 0 Å². The second-order valence-electron chi connectivity index (χ2n) is 4.81. The minimum absolute atomic E-state index is 0.0947. The van der Waals surface area contributed by atoms with Gasteiger partial charge in [0.05, 0.1) is 0 Å². The molecule has 0 heterocycles. The molecule has 0 spiro atoms. The van der Waals surface area contributed by atoms with E-state index in [4.69, 9.17) is 5.11 Å². The van der Waals surface area contributed by atoms with Gasteiger partial charge in [0, 0.05) is 11.6 Å². The Bertz CT molecular complexity index is 301. The van der Waals surface area contributed by atoms with Crippen LogP contribution in [0.1, 0.15) is 33.6 Å². The molecule has 1 atom stereocenters. The van der Waals surface area contributed by atoms with E-state index in [1.54, 1.807) is 0 Å². The molecule has 0 aromatic rings. The molecule has 0 saturated carbocycles. The van der Waals surface area contributed by atoms with Crippen molar-refractivity contribution in [1.82, 2.24) is 4.90 Å². The molecule has 0 fully saturated rings. The van der Waals surface area contributed by atoms with Gasteiger partial charge in [-0.15, -0.1) is 0 Å². The number of nitrogens with zero attached hydrogens (tertiary/aromatic N) is 1. The summed E-state index contributed by atoms with van der Waals surface area (Å²) in [6.45, 7) is 5.58. The zero-order valence-electron chi connectivity index (χ0n) is 9.36. The lowest BCUT2D eigenvalue weighted by Gasteiger charge is -2.38. The van der Waals surface area contributed by atoms with Crippen LogP contribution in [-0.4, -0.2) is 34.0 Å². The van der Waals surface area contributed by atoms with Crippen LogP contribution < -0.4 is 0 Å². The third-order valence-electron chi connectivity index (χ3n) is 2.57. The first kappa shape index (κ1) is 11.8. The quantitative estimate of drug-likeness (QED) is 0.711. The van der Waals surface area contributed by atoms with Gasteiger partial charge in [-0.05, 0) is 39.2 Å². The molecule has 84 valence electrons. The van der Waals surface area contributed by atoms with E-state index in [2.05, 4.69) is 0 Å². The fourth-order valence-electron chi connectivity index (χ4n) is 2.01. The van der Waals surface area contributed by atoms with Crippen molar-refractivity contribution in [3.8, 4) is 0 Å². The SMILES string of the molecule is CC(C)(C)N(C(=O)O)C1CC=C(C=O)C1. The van der Waals surface area contributed by atoms with Gasteiger partial charge in [-0.2, -0.15) is 0 Å². The van der Waals surface area contributed by atoms with Gasteiger partial charge in [-0.3, -0.25) is 9.69 Å². The summed E-state index contributed by atoms with van der Waals surface area (Å²) >= 11 is 0. The molecule has 15 heavy (non-hydrogen) atoms. The molecule has 0 aliphatic heterocycles. The molecule has 1 aliphatic carbocycles. The average Bonchev–Trinajstić information content (AvgIpc) is 2.49. The molecule has 1 N–H and O–H groups in total. The number of amides is 1. The Hall–Kier alpha value is -1.32. The molecular formula is C11H17NO3. The Morgan fingerprint density at radius 2 is 2.20 bits per heavy atom. The number of carbonyl (C=O) groups is 2. The van der Waals surface area contributed by atoms with E-state index in [0.29, 0.717) is 18.4 Å². The predicted molar refractivity (Wildman–Crippen MR) is 56.8 cm³/mol. The molecule has 1 rings (SSSR count). The second kappa shape index (κ2) is 4.04. The van der Waals surface area contributed by atoms with Gasteiger partial charge in [0.15, 0.2) is 0 Å². The van der Waals surface area contributed by atoms with E-state index < -0.39 is 11.6 Å². The Kier molecular flexibility index (Phi) is 3.17. The van der Waals surface area contributed by atoms with Gasteiger partial charge in [0.1, 0.15) is 6.29 Å². The van der Waals surface area contributed by atoms with Crippen LogP contribution in [0, 0.1) is 0 Å². The van der Waals surface area contributed by atoms with Gasteiger partial charge in [-0.25, -0.2) is 4.79 Å². The highest BCUT2D eigenvalue weighted by Gasteiger charge is 2.34. The van der Waals surface area contributed by atoms with Crippen molar-refractivity contribution >= 4 is 12.4 Å². The first-order valence-electron chi connectivity index (χ1n) is 5.02. The van der Waals surface area contributed by atoms with Crippen molar-refractivity contribution in [1.29, 1.82) is 0 Å². The van der Waals surface area contributed by atoms with Crippen LogP contribution in [0.25, 0.3) is 0 Å². The summed E-state index contributed by atoms with van der Waals surface area (Å²) in [7, 11) is 0. The van der Waals surface area contributed by atoms with Crippen LogP contribution in [0.5, 0.6) is 0 Å². The van der Waals surface area contributed by atoms with Gasteiger partial charge in [0.25, 0.3) is 0 Å². The zero-order chi connectivity index (χ0) is 11.6. The molecule has 1 aliphatic rings. The number of carbonyl (C=O) groups excluding carboxylic acids is 1. The monoisotopic (exact) mass is 211 g/mol. The van der Waals surface area contributed by atoms with Crippen molar-refractivity contribution in [2.75, 3.05) is 0 Å². The van der Waals surface area contributed by atoms with Crippen LogP contribution in [-0.2, 0) is 4.79 Å². The highest BCUT2D eigenvalue weighted by atomic mass is 16.4. The molecule has 0 bridgehead atoms. The standard InChI is InChI=1S/C11H17NO3/c1-11(2,3)12(10(14)15)9-5-4-8(6-9)7-13/h4,7,9H,5-6H2,1-3H3,(H,14,15). The Balaban J connectivity index is 2.78. The number of hydrogen-bond donors (Lipinski definition) is 1. The van der Waals surface area contributed by atoms with Gasteiger partial charge in [-0.1, -0.05) is 6.08 Å². The number of aldehydes is 1. The molecule has 4 nitrogen and oxygen atoms in total. The minimum Gasteiger partial charge on any atom is -0.465 e. The normalized spacial score (nSPS) is 21.0. The van der Waals surface area contributed by atoms with Crippen LogP contribution in [0.2, 0.25) is 0 Å². The fourth-order valence-corrected chi connectivity index (χ4v) is 2.01. The summed E-state index contributed by atoms with van der Waals surface area (Å²) in [4.78, 5) is 23.1. The van der Waals surface area contributed by atoms with Crippen molar-refractivity contribution < 1.29 is 14.7 Å². The first-order chi connectivity index (χ1) is 6.86. The highest BCUT2D eigenvalue weighted by Crippen LogP contribution is 2.28. The van der Waals surface area contributed by atoms with Crippen LogP contribution in [0.15, 0.2) is 11.6 Å². The zero-order valence-corrected chi connectivity index (χ0v) is 9.36. The maximum absolute atomic E-state index is 11.1. The summed E-state index contributed by atoms with van der Waals surface area (Å²) in [5.41, 5.74) is 0.276. The third-order valence-corrected chi connectivity index (χ3v) is 2.57. The lowest BCUT2D eigenvalue weighted by atomic mass is 10.0. The Morgan fingerprint density at radius 3 is 2.53 bits per heavy atom. The first-order valence-corrected chi connectivity index (χ1v) is 5.02. The lowest BCUT2D eigenvalue weighted by Crippen LogP contribution is -2.50. The number of rotatable bonds is 2. The maximum Gasteiger partial charge on any atom is 0.408 e. The molecular weight excluding hydrogens is 194 g/mol. The van der Waals surface area contributed by atoms with Gasteiger partial charge in [0.2, 0.25) is 0 Å². The average molecular weight is 211 g/mol. The smallest absolute Gasteiger partial charge is 0.408 e. The van der Waals surface area contributed by atoms with E-state index in [1.165, 1.54) is 4.90 Å². The van der Waals surface area contributed by atoms with E-state index in [-0.39, 0.29) is 6.04 Å². The topological polar surface area (TPSA) is 57.6 Å². The van der Waals surface area contributed by atoms with E-state index in [9.17, 15) is 9.59 Å². The highest BCUT2D eigenvalue weighted by molar-refractivity contribution is 5.75. The Labute approximate surface area is 89.6 Å². The lowest BCUT2D eigenvalue weighted by molar-refractivity contribution is -0.105. The van der Waals surface area contributed by atoms with Crippen molar-refractivity contribution in [3.05, 3.63) is 11.6 Å². The summed E-state index contributed by atoms with van der Waals surface area (Å²) < 4.78 is 0. The molecule has 0 radical (unpaired) electrons. The van der Waals surface area contributed by atoms with E-state index in [0.717, 1.165) is 6.29 Å². The van der Waals surface area contributed by atoms with E-state index >= 15 is 0 Å². The maximum atomic E-state index is 11.1. The summed E-state index contributed by atoms with van der Waals surface area (Å²) in [6.07, 6.45) is 2.88. The summed E-state index contributed by atoms with van der Waals surface area (Å²) in [6, 6.07) is -0.0947. The molecule has 4 heteroatoms. The van der Waals surface area contributed by atoms with Gasteiger partial charge < -0.3 is 5.11 Å². The Morgan fingerprint density at radius 1 is 1.60 bits per heavy atom.